The molecule has 0 aliphatic heterocycles. The number of hydrogen-bond donors (Lipinski definition) is 2. The zero-order valence-electron chi connectivity index (χ0n) is 17.6. The number of likely N-dealkylation sites (N-methyl/N-ethyl adjacent to an activating group) is 1. The van der Waals surface area contributed by atoms with Crippen molar-refractivity contribution >= 4 is 23.4 Å². The Balaban J connectivity index is 0.000000656. The van der Waals surface area contributed by atoms with Crippen molar-refractivity contribution in [2.75, 3.05) is 51.1 Å². The maximum atomic E-state index is 9.69. The molecule has 160 valence electrons. The topological polar surface area (TPSA) is 121 Å². The number of nitriles is 1. The summed E-state index contributed by atoms with van der Waals surface area (Å²) in [5.41, 5.74) is 2.78. The summed E-state index contributed by atoms with van der Waals surface area (Å²) < 4.78 is 0. The minimum absolute atomic E-state index is 0.622. The molecule has 0 saturated carbocycles. The number of anilines is 2. The van der Waals surface area contributed by atoms with Crippen LogP contribution in [0.15, 0.2) is 42.6 Å². The van der Waals surface area contributed by atoms with Crippen LogP contribution >= 0.6 is 0 Å². The molecule has 0 bridgehead atoms. The van der Waals surface area contributed by atoms with Crippen molar-refractivity contribution < 1.29 is 19.8 Å². The highest BCUT2D eigenvalue weighted by Gasteiger charge is 2.17. The third-order valence-electron chi connectivity index (χ3n) is 4.00. The van der Waals surface area contributed by atoms with Crippen molar-refractivity contribution in [1.29, 1.82) is 5.26 Å². The quantitative estimate of drug-likeness (QED) is 0.654. The number of benzene rings is 1. The monoisotopic (exact) mass is 413 g/mol. The Hall–Kier alpha value is -3.64. The van der Waals surface area contributed by atoms with Crippen LogP contribution in [0.1, 0.15) is 11.1 Å². The minimum atomic E-state index is -1.82. The first kappa shape index (κ1) is 24.4. The molecule has 0 radical (unpaired) electrons. The van der Waals surface area contributed by atoms with Gasteiger partial charge in [0.15, 0.2) is 0 Å². The van der Waals surface area contributed by atoms with Crippen molar-refractivity contribution in [2.24, 2.45) is 0 Å². The summed E-state index contributed by atoms with van der Waals surface area (Å²) in [5.74, 6) is -2.94. The van der Waals surface area contributed by atoms with Gasteiger partial charge in [-0.15, -0.1) is 0 Å². The van der Waals surface area contributed by atoms with Gasteiger partial charge in [-0.2, -0.15) is 5.26 Å². The van der Waals surface area contributed by atoms with Crippen molar-refractivity contribution in [3.8, 4) is 6.07 Å². The van der Waals surface area contributed by atoms with E-state index in [1.165, 1.54) is 5.56 Å². The first-order valence-corrected chi connectivity index (χ1v) is 9.13. The number of carbonyl (C=O) groups is 2. The highest BCUT2D eigenvalue weighted by Crippen LogP contribution is 2.27. The maximum Gasteiger partial charge on any atom is 0.414 e. The molecule has 2 rings (SSSR count). The standard InChI is InChI=1S/C19H25N5.C2H2O4/c1-22(2)12-13-24(15-16-8-6-5-7-9-16)18-10-11-21-19(23(3)4)17(18)14-20;3-1(4)2(5)6/h5-11H,12-13,15H2,1-4H3;(H,3,4)(H,5,6). The van der Waals surface area contributed by atoms with E-state index in [0.717, 1.165) is 25.3 Å². The number of carboxylic acid groups (broad SMARTS) is 2. The normalized spacial score (nSPS) is 9.87. The predicted molar refractivity (Wildman–Crippen MR) is 115 cm³/mol. The molecule has 0 saturated heterocycles. The van der Waals surface area contributed by atoms with Crippen LogP contribution in [0, 0.1) is 11.3 Å². The van der Waals surface area contributed by atoms with E-state index >= 15 is 0 Å². The van der Waals surface area contributed by atoms with E-state index in [9.17, 15) is 5.26 Å². The summed E-state index contributed by atoms with van der Waals surface area (Å²) in [6.07, 6.45) is 1.78. The number of aliphatic carboxylic acids is 2. The van der Waals surface area contributed by atoms with E-state index in [4.69, 9.17) is 19.8 Å². The molecule has 0 unspecified atom stereocenters. The van der Waals surface area contributed by atoms with Crippen molar-refractivity contribution in [3.05, 3.63) is 53.7 Å². The first-order valence-electron chi connectivity index (χ1n) is 9.13. The summed E-state index contributed by atoms with van der Waals surface area (Å²) in [5, 5.41) is 24.5. The number of hydrogen-bond acceptors (Lipinski definition) is 7. The Morgan fingerprint density at radius 1 is 1.00 bits per heavy atom. The van der Waals surface area contributed by atoms with Crippen LogP contribution in [0.4, 0.5) is 11.5 Å². The fourth-order valence-corrected chi connectivity index (χ4v) is 2.56. The van der Waals surface area contributed by atoms with Crippen molar-refractivity contribution in [2.45, 2.75) is 6.54 Å². The van der Waals surface area contributed by atoms with E-state index in [2.05, 4.69) is 47.1 Å². The fraction of sp³-hybridized carbons (Fsp3) is 0.333. The molecule has 0 spiro atoms. The molecule has 30 heavy (non-hydrogen) atoms. The minimum Gasteiger partial charge on any atom is -0.473 e. The van der Waals surface area contributed by atoms with Gasteiger partial charge in [-0.1, -0.05) is 30.3 Å². The predicted octanol–water partition coefficient (Wildman–Crippen LogP) is 1.74. The Morgan fingerprint density at radius 3 is 2.07 bits per heavy atom. The zero-order valence-corrected chi connectivity index (χ0v) is 17.6. The smallest absolute Gasteiger partial charge is 0.414 e. The zero-order chi connectivity index (χ0) is 22.7. The van der Waals surface area contributed by atoms with E-state index in [0.29, 0.717) is 11.4 Å². The largest absolute Gasteiger partial charge is 0.473 e. The molecule has 0 atom stereocenters. The second kappa shape index (κ2) is 12.0. The van der Waals surface area contributed by atoms with Crippen LogP contribution in [-0.4, -0.2) is 73.3 Å². The van der Waals surface area contributed by atoms with Gasteiger partial charge >= 0.3 is 11.9 Å². The van der Waals surface area contributed by atoms with Gasteiger partial charge in [0.25, 0.3) is 0 Å². The third kappa shape index (κ3) is 7.77. The molecule has 0 aliphatic rings. The van der Waals surface area contributed by atoms with Gasteiger partial charge in [-0.25, -0.2) is 14.6 Å². The number of pyridine rings is 1. The molecule has 0 aliphatic carbocycles. The number of rotatable bonds is 7. The Bertz CT molecular complexity index is 867. The molecule has 1 aromatic carbocycles. The molecule has 9 heteroatoms. The molecule has 0 fully saturated rings. The van der Waals surface area contributed by atoms with Gasteiger partial charge in [-0.05, 0) is 25.7 Å². The van der Waals surface area contributed by atoms with Crippen LogP contribution in [0.3, 0.4) is 0 Å². The third-order valence-corrected chi connectivity index (χ3v) is 4.00. The lowest BCUT2D eigenvalue weighted by atomic mass is 10.1. The fourth-order valence-electron chi connectivity index (χ4n) is 2.56. The summed E-state index contributed by atoms with van der Waals surface area (Å²) in [6.45, 7) is 2.52. The van der Waals surface area contributed by atoms with E-state index in [1.807, 2.05) is 43.3 Å². The van der Waals surface area contributed by atoms with Gasteiger partial charge in [0.05, 0.1) is 5.69 Å². The second-order valence-corrected chi connectivity index (χ2v) is 6.86. The SMILES string of the molecule is CN(C)CCN(Cc1ccccc1)c1ccnc(N(C)C)c1C#N.O=C(O)C(=O)O. The lowest BCUT2D eigenvalue weighted by molar-refractivity contribution is -0.159. The average Bonchev–Trinajstić information content (AvgIpc) is 2.71. The lowest BCUT2D eigenvalue weighted by Crippen LogP contribution is -2.32. The Morgan fingerprint density at radius 2 is 1.60 bits per heavy atom. The van der Waals surface area contributed by atoms with Gasteiger partial charge in [-0.3, -0.25) is 0 Å². The van der Waals surface area contributed by atoms with E-state index in [1.54, 1.807) is 6.20 Å². The molecular weight excluding hydrogens is 386 g/mol. The molecule has 0 amide bonds. The molecule has 1 heterocycles. The molecule has 9 nitrogen and oxygen atoms in total. The van der Waals surface area contributed by atoms with Gasteiger partial charge in [0, 0.05) is 39.9 Å². The Labute approximate surface area is 176 Å². The second-order valence-electron chi connectivity index (χ2n) is 6.86. The molecular formula is C21H27N5O4. The van der Waals surface area contributed by atoms with Crippen LogP contribution in [0.5, 0.6) is 0 Å². The number of nitrogens with zero attached hydrogens (tertiary/aromatic N) is 5. The van der Waals surface area contributed by atoms with Crippen LogP contribution in [0.25, 0.3) is 0 Å². The first-order chi connectivity index (χ1) is 14.2. The van der Waals surface area contributed by atoms with Gasteiger partial charge < -0.3 is 24.9 Å². The van der Waals surface area contributed by atoms with E-state index in [-0.39, 0.29) is 0 Å². The summed E-state index contributed by atoms with van der Waals surface area (Å²) in [4.78, 5) is 28.8. The number of carboxylic acids is 2. The average molecular weight is 413 g/mol. The summed E-state index contributed by atoms with van der Waals surface area (Å²) in [6, 6.07) is 14.6. The van der Waals surface area contributed by atoms with Gasteiger partial charge in [0.1, 0.15) is 17.5 Å². The van der Waals surface area contributed by atoms with Crippen LogP contribution < -0.4 is 9.80 Å². The lowest BCUT2D eigenvalue weighted by Gasteiger charge is -2.28. The van der Waals surface area contributed by atoms with Gasteiger partial charge in [0.2, 0.25) is 0 Å². The molecule has 2 N–H and O–H groups in total. The maximum absolute atomic E-state index is 9.69. The molecule has 1 aromatic heterocycles. The summed E-state index contributed by atoms with van der Waals surface area (Å²) >= 11 is 0. The number of aromatic nitrogens is 1. The van der Waals surface area contributed by atoms with Crippen molar-refractivity contribution in [3.63, 3.8) is 0 Å². The van der Waals surface area contributed by atoms with Crippen LogP contribution in [0.2, 0.25) is 0 Å². The Kier molecular flexibility index (Phi) is 9.79. The highest BCUT2D eigenvalue weighted by atomic mass is 16.4. The summed E-state index contributed by atoms with van der Waals surface area (Å²) in [7, 11) is 7.94. The van der Waals surface area contributed by atoms with E-state index < -0.39 is 11.9 Å². The highest BCUT2D eigenvalue weighted by molar-refractivity contribution is 6.27. The van der Waals surface area contributed by atoms with Crippen LogP contribution in [-0.2, 0) is 16.1 Å². The molecule has 2 aromatic rings. The van der Waals surface area contributed by atoms with Crippen molar-refractivity contribution in [1.82, 2.24) is 9.88 Å².